The zero-order valence-corrected chi connectivity index (χ0v) is 12.0. The third kappa shape index (κ3) is 3.20. The smallest absolute Gasteiger partial charge is 0.329 e. The first-order valence-electron chi connectivity index (χ1n) is 6.97. The van der Waals surface area contributed by atoms with Crippen LogP contribution >= 0.6 is 0 Å². The van der Waals surface area contributed by atoms with E-state index in [1.807, 2.05) is 37.3 Å². The van der Waals surface area contributed by atoms with Crippen molar-refractivity contribution in [2.24, 2.45) is 0 Å². The molecule has 2 aromatic rings. The minimum atomic E-state index is -0.925. The second-order valence-corrected chi connectivity index (χ2v) is 5.77. The van der Waals surface area contributed by atoms with Gasteiger partial charge in [0.1, 0.15) is 6.61 Å². The number of carbonyl (C=O) groups is 1. The van der Waals surface area contributed by atoms with E-state index < -0.39 is 5.97 Å². The second kappa shape index (κ2) is 5.42. The van der Waals surface area contributed by atoms with E-state index in [-0.39, 0.29) is 12.2 Å². The average Bonchev–Trinajstić information content (AvgIpc) is 2.43. The molecule has 0 bridgehead atoms. The molecule has 0 aliphatic carbocycles. The molecule has 1 aromatic heterocycles. The number of rotatable bonds is 5. The normalized spacial score (nSPS) is 17.6. The Kier molecular flexibility index (Phi) is 3.61. The minimum Gasteiger partial charge on any atom is -0.480 e. The largest absolute Gasteiger partial charge is 0.480 e. The number of carboxylic acid groups (broad SMARTS) is 1. The van der Waals surface area contributed by atoms with Crippen LogP contribution in [0.5, 0.6) is 0 Å². The van der Waals surface area contributed by atoms with Crippen LogP contribution in [0.25, 0.3) is 10.9 Å². The second-order valence-electron chi connectivity index (χ2n) is 5.77. The molecule has 0 atom stereocenters. The summed E-state index contributed by atoms with van der Waals surface area (Å²) >= 11 is 0. The van der Waals surface area contributed by atoms with E-state index in [0.29, 0.717) is 0 Å². The standard InChI is InChI=1S/C16H18N2O3/c1-16(21-9-15(19)20)10-18(11-16)8-13-7-6-12-4-2-3-5-14(12)17-13/h2-7H,8-11H2,1H3,(H,19,20). The molecule has 3 rings (SSSR count). The number of hydrogen-bond acceptors (Lipinski definition) is 4. The first-order valence-corrected chi connectivity index (χ1v) is 6.97. The number of ether oxygens (including phenoxy) is 1. The van der Waals surface area contributed by atoms with Gasteiger partial charge in [0.25, 0.3) is 0 Å². The van der Waals surface area contributed by atoms with Crippen molar-refractivity contribution >= 4 is 16.9 Å². The van der Waals surface area contributed by atoms with Crippen LogP contribution in [0.1, 0.15) is 12.6 Å². The summed E-state index contributed by atoms with van der Waals surface area (Å²) in [5, 5.41) is 9.79. The maximum atomic E-state index is 10.5. The van der Waals surface area contributed by atoms with Gasteiger partial charge < -0.3 is 9.84 Å². The molecule has 1 aromatic carbocycles. The summed E-state index contributed by atoms with van der Waals surface area (Å²) in [5.74, 6) is -0.925. The summed E-state index contributed by atoms with van der Waals surface area (Å²) in [7, 11) is 0. The SMILES string of the molecule is CC1(OCC(=O)O)CN(Cc2ccc3ccccc3n2)C1. The minimum absolute atomic E-state index is 0.238. The highest BCUT2D eigenvalue weighted by atomic mass is 16.5. The number of carboxylic acids is 1. The molecular weight excluding hydrogens is 268 g/mol. The summed E-state index contributed by atoms with van der Waals surface area (Å²) in [6.07, 6.45) is 0. The summed E-state index contributed by atoms with van der Waals surface area (Å²) < 4.78 is 5.40. The van der Waals surface area contributed by atoms with Gasteiger partial charge in [0, 0.05) is 25.0 Å². The molecule has 0 saturated carbocycles. The van der Waals surface area contributed by atoms with Gasteiger partial charge in [-0.25, -0.2) is 4.79 Å². The van der Waals surface area contributed by atoms with Gasteiger partial charge in [0.15, 0.2) is 0 Å². The summed E-state index contributed by atoms with van der Waals surface area (Å²) in [6.45, 7) is 3.93. The molecule has 1 N–H and O–H groups in total. The maximum Gasteiger partial charge on any atom is 0.329 e. The topological polar surface area (TPSA) is 62.7 Å². The zero-order chi connectivity index (χ0) is 14.9. The van der Waals surface area contributed by atoms with E-state index in [1.54, 1.807) is 0 Å². The van der Waals surface area contributed by atoms with E-state index in [0.717, 1.165) is 36.2 Å². The van der Waals surface area contributed by atoms with Crippen LogP contribution in [0.15, 0.2) is 36.4 Å². The van der Waals surface area contributed by atoms with Gasteiger partial charge in [-0.15, -0.1) is 0 Å². The molecule has 0 spiro atoms. The first-order chi connectivity index (χ1) is 10.0. The number of likely N-dealkylation sites (tertiary alicyclic amines) is 1. The molecule has 5 nitrogen and oxygen atoms in total. The molecule has 1 aliphatic rings. The lowest BCUT2D eigenvalue weighted by atomic mass is 9.96. The van der Waals surface area contributed by atoms with Crippen molar-refractivity contribution in [2.45, 2.75) is 19.1 Å². The van der Waals surface area contributed by atoms with E-state index in [1.165, 1.54) is 0 Å². The fourth-order valence-corrected chi connectivity index (χ4v) is 2.76. The van der Waals surface area contributed by atoms with Gasteiger partial charge >= 0.3 is 5.97 Å². The zero-order valence-electron chi connectivity index (χ0n) is 12.0. The molecule has 0 amide bonds. The summed E-state index contributed by atoms with van der Waals surface area (Å²) in [5.41, 5.74) is 1.67. The Hall–Kier alpha value is -1.98. The number of aliphatic carboxylic acids is 1. The molecule has 1 fully saturated rings. The average molecular weight is 286 g/mol. The lowest BCUT2D eigenvalue weighted by Crippen LogP contribution is -2.61. The Morgan fingerprint density at radius 2 is 2.10 bits per heavy atom. The molecule has 110 valence electrons. The Morgan fingerprint density at radius 1 is 1.33 bits per heavy atom. The van der Waals surface area contributed by atoms with E-state index >= 15 is 0 Å². The van der Waals surface area contributed by atoms with Gasteiger partial charge in [0.2, 0.25) is 0 Å². The highest BCUT2D eigenvalue weighted by Crippen LogP contribution is 2.26. The maximum absolute atomic E-state index is 10.5. The Labute approximate surface area is 123 Å². The first kappa shape index (κ1) is 14.0. The van der Waals surface area contributed by atoms with Crippen molar-refractivity contribution in [2.75, 3.05) is 19.7 Å². The van der Waals surface area contributed by atoms with Gasteiger partial charge in [-0.05, 0) is 19.1 Å². The van der Waals surface area contributed by atoms with Crippen LogP contribution in [0.2, 0.25) is 0 Å². The van der Waals surface area contributed by atoms with Crippen LogP contribution in [0.3, 0.4) is 0 Å². The van der Waals surface area contributed by atoms with Gasteiger partial charge in [-0.1, -0.05) is 24.3 Å². The van der Waals surface area contributed by atoms with Gasteiger partial charge in [-0.3, -0.25) is 9.88 Å². The predicted molar refractivity (Wildman–Crippen MR) is 79.0 cm³/mol. The van der Waals surface area contributed by atoms with Crippen LogP contribution in [0.4, 0.5) is 0 Å². The summed E-state index contributed by atoms with van der Waals surface area (Å²) in [6, 6.07) is 12.2. The number of pyridine rings is 1. The lowest BCUT2D eigenvalue weighted by molar-refractivity contribution is -0.165. The lowest BCUT2D eigenvalue weighted by Gasteiger charge is -2.47. The quantitative estimate of drug-likeness (QED) is 0.909. The van der Waals surface area contributed by atoms with Crippen molar-refractivity contribution in [1.82, 2.24) is 9.88 Å². The molecular formula is C16H18N2O3. The third-order valence-corrected chi connectivity index (χ3v) is 3.70. The molecule has 21 heavy (non-hydrogen) atoms. The number of para-hydroxylation sites is 1. The van der Waals surface area contributed by atoms with E-state index in [4.69, 9.17) is 9.84 Å². The van der Waals surface area contributed by atoms with Crippen molar-refractivity contribution in [3.63, 3.8) is 0 Å². The predicted octanol–water partition coefficient (Wildman–Crippen LogP) is 1.91. The fraction of sp³-hybridized carbons (Fsp3) is 0.375. The number of nitrogens with zero attached hydrogens (tertiary/aromatic N) is 2. The van der Waals surface area contributed by atoms with Crippen LogP contribution in [0, 0.1) is 0 Å². The van der Waals surface area contributed by atoms with Crippen LogP contribution < -0.4 is 0 Å². The third-order valence-electron chi connectivity index (χ3n) is 3.70. The summed E-state index contributed by atoms with van der Waals surface area (Å²) in [4.78, 5) is 17.4. The molecule has 0 radical (unpaired) electrons. The Bertz CT molecular complexity index is 665. The molecule has 0 unspecified atom stereocenters. The van der Waals surface area contributed by atoms with Crippen molar-refractivity contribution in [3.05, 3.63) is 42.1 Å². The van der Waals surface area contributed by atoms with E-state index in [2.05, 4.69) is 16.0 Å². The number of fused-ring (bicyclic) bond motifs is 1. The highest BCUT2D eigenvalue weighted by molar-refractivity contribution is 5.78. The Balaban J connectivity index is 1.59. The molecule has 1 saturated heterocycles. The van der Waals surface area contributed by atoms with Gasteiger partial charge in [0.05, 0.1) is 16.8 Å². The van der Waals surface area contributed by atoms with Crippen LogP contribution in [-0.4, -0.2) is 46.3 Å². The van der Waals surface area contributed by atoms with Gasteiger partial charge in [-0.2, -0.15) is 0 Å². The Morgan fingerprint density at radius 3 is 2.86 bits per heavy atom. The van der Waals surface area contributed by atoms with Crippen LogP contribution in [-0.2, 0) is 16.1 Å². The van der Waals surface area contributed by atoms with Crippen molar-refractivity contribution in [1.29, 1.82) is 0 Å². The number of hydrogen-bond donors (Lipinski definition) is 1. The van der Waals surface area contributed by atoms with E-state index in [9.17, 15) is 4.79 Å². The number of benzene rings is 1. The van der Waals surface area contributed by atoms with Crippen molar-refractivity contribution in [3.8, 4) is 0 Å². The monoisotopic (exact) mass is 286 g/mol. The highest BCUT2D eigenvalue weighted by Gasteiger charge is 2.40. The molecule has 2 heterocycles. The van der Waals surface area contributed by atoms with Crippen molar-refractivity contribution < 1.29 is 14.6 Å². The number of aromatic nitrogens is 1. The molecule has 1 aliphatic heterocycles. The molecule has 5 heteroatoms. The fourth-order valence-electron chi connectivity index (χ4n) is 2.76.